The summed E-state index contributed by atoms with van der Waals surface area (Å²) in [5, 5.41) is 12.2. The number of rotatable bonds is 5. The number of nitrogens with two attached hydrogens (primary N) is 1. The Hall–Kier alpha value is -2.11. The number of nitrogens with zero attached hydrogens (tertiary/aromatic N) is 4. The van der Waals surface area contributed by atoms with Crippen LogP contribution in [0.25, 0.3) is 11.4 Å². The molecule has 1 aromatic carbocycles. The Morgan fingerprint density at radius 3 is 2.81 bits per heavy atom. The van der Waals surface area contributed by atoms with E-state index >= 15 is 0 Å². The number of hydrogen-bond donors (Lipinski definition) is 1. The van der Waals surface area contributed by atoms with Gasteiger partial charge in [0.05, 0.1) is 13.7 Å². The molecular weight excluding hydrogens is 266 g/mol. The molecule has 2 saturated carbocycles. The lowest BCUT2D eigenvalue weighted by Gasteiger charge is -2.15. The largest absolute Gasteiger partial charge is 0.497 e. The van der Waals surface area contributed by atoms with Crippen LogP contribution in [-0.2, 0) is 6.54 Å². The molecule has 2 aliphatic carbocycles. The maximum Gasteiger partial charge on any atom is 0.182 e. The van der Waals surface area contributed by atoms with Crippen molar-refractivity contribution in [3.05, 3.63) is 18.2 Å². The SMILES string of the molecule is COc1cc(N)cc(-c2nnnn2CC2(C3CC3)CC2)c1. The van der Waals surface area contributed by atoms with Gasteiger partial charge in [-0.1, -0.05) is 0 Å². The molecule has 0 saturated heterocycles. The van der Waals surface area contributed by atoms with Crippen molar-refractivity contribution in [3.63, 3.8) is 0 Å². The van der Waals surface area contributed by atoms with Crippen LogP contribution in [0.3, 0.4) is 0 Å². The number of anilines is 1. The van der Waals surface area contributed by atoms with E-state index < -0.39 is 0 Å². The van der Waals surface area contributed by atoms with E-state index in [4.69, 9.17) is 10.5 Å². The van der Waals surface area contributed by atoms with Crippen molar-refractivity contribution in [1.82, 2.24) is 20.2 Å². The van der Waals surface area contributed by atoms with E-state index in [9.17, 15) is 0 Å². The highest BCUT2D eigenvalue weighted by Crippen LogP contribution is 2.62. The van der Waals surface area contributed by atoms with Gasteiger partial charge in [0, 0.05) is 17.3 Å². The van der Waals surface area contributed by atoms with Crippen LogP contribution in [0.5, 0.6) is 5.75 Å². The van der Waals surface area contributed by atoms with Crippen LogP contribution in [-0.4, -0.2) is 27.3 Å². The third-order valence-electron chi connectivity index (χ3n) is 4.75. The summed E-state index contributed by atoms with van der Waals surface area (Å²) in [7, 11) is 1.63. The minimum Gasteiger partial charge on any atom is -0.497 e. The van der Waals surface area contributed by atoms with E-state index in [1.54, 1.807) is 13.2 Å². The Balaban J connectivity index is 1.67. The molecule has 0 amide bonds. The first-order valence-corrected chi connectivity index (χ1v) is 7.41. The molecule has 6 nitrogen and oxygen atoms in total. The zero-order valence-electron chi connectivity index (χ0n) is 12.1. The fraction of sp³-hybridized carbons (Fsp3) is 0.533. The molecule has 1 aromatic heterocycles. The fourth-order valence-electron chi connectivity index (χ4n) is 3.24. The van der Waals surface area contributed by atoms with Gasteiger partial charge in [-0.15, -0.1) is 5.10 Å². The highest BCUT2D eigenvalue weighted by molar-refractivity contribution is 5.64. The van der Waals surface area contributed by atoms with Crippen LogP contribution in [0.4, 0.5) is 5.69 Å². The van der Waals surface area contributed by atoms with Crippen molar-refractivity contribution in [1.29, 1.82) is 0 Å². The molecule has 2 fully saturated rings. The topological polar surface area (TPSA) is 78.8 Å². The molecule has 2 N–H and O–H groups in total. The number of hydrogen-bond acceptors (Lipinski definition) is 5. The molecule has 0 atom stereocenters. The molecule has 4 rings (SSSR count). The first-order valence-electron chi connectivity index (χ1n) is 7.41. The van der Waals surface area contributed by atoms with Crippen molar-refractivity contribution >= 4 is 5.69 Å². The molecule has 0 unspecified atom stereocenters. The summed E-state index contributed by atoms with van der Waals surface area (Å²) >= 11 is 0. The zero-order chi connectivity index (χ0) is 14.4. The average molecular weight is 285 g/mol. The van der Waals surface area contributed by atoms with Crippen LogP contribution in [0.2, 0.25) is 0 Å². The van der Waals surface area contributed by atoms with Gasteiger partial charge in [0.2, 0.25) is 0 Å². The molecule has 1 heterocycles. The van der Waals surface area contributed by atoms with Gasteiger partial charge in [0.15, 0.2) is 5.82 Å². The smallest absolute Gasteiger partial charge is 0.182 e. The molecule has 6 heteroatoms. The van der Waals surface area contributed by atoms with Crippen LogP contribution in [0, 0.1) is 11.3 Å². The normalized spacial score (nSPS) is 19.5. The van der Waals surface area contributed by atoms with E-state index in [1.807, 2.05) is 16.8 Å². The van der Waals surface area contributed by atoms with Crippen molar-refractivity contribution in [3.8, 4) is 17.1 Å². The molecule has 0 bridgehead atoms. The molecule has 21 heavy (non-hydrogen) atoms. The number of aromatic nitrogens is 4. The number of benzene rings is 1. The second-order valence-corrected chi connectivity index (χ2v) is 6.29. The molecule has 0 radical (unpaired) electrons. The summed E-state index contributed by atoms with van der Waals surface area (Å²) in [6, 6.07) is 5.61. The Bertz CT molecular complexity index is 672. The number of methoxy groups -OCH3 is 1. The first-order chi connectivity index (χ1) is 10.2. The van der Waals surface area contributed by atoms with Gasteiger partial charge >= 0.3 is 0 Å². The van der Waals surface area contributed by atoms with E-state index in [0.29, 0.717) is 11.1 Å². The van der Waals surface area contributed by atoms with Gasteiger partial charge in [-0.05, 0) is 59.6 Å². The van der Waals surface area contributed by atoms with Crippen LogP contribution in [0.1, 0.15) is 25.7 Å². The number of tetrazole rings is 1. The maximum absolute atomic E-state index is 5.93. The average Bonchev–Trinajstić information content (AvgIpc) is 3.37. The van der Waals surface area contributed by atoms with Gasteiger partial charge in [0.25, 0.3) is 0 Å². The number of ether oxygens (including phenoxy) is 1. The summed E-state index contributed by atoms with van der Waals surface area (Å²) in [5.74, 6) is 2.38. The van der Waals surface area contributed by atoms with Crippen molar-refractivity contribution < 1.29 is 4.74 Å². The summed E-state index contributed by atoms with van der Waals surface area (Å²) in [5.41, 5.74) is 7.94. The summed E-state index contributed by atoms with van der Waals surface area (Å²) < 4.78 is 7.21. The molecule has 0 aliphatic heterocycles. The minimum absolute atomic E-state index is 0.453. The second-order valence-electron chi connectivity index (χ2n) is 6.29. The van der Waals surface area contributed by atoms with Crippen molar-refractivity contribution in [2.24, 2.45) is 11.3 Å². The standard InChI is InChI=1S/C15H19N5O/c1-21-13-7-10(6-12(16)8-13)14-17-18-19-20(14)9-15(4-5-15)11-2-3-11/h6-8,11H,2-5,9,16H2,1H3. The zero-order valence-corrected chi connectivity index (χ0v) is 12.1. The highest BCUT2D eigenvalue weighted by atomic mass is 16.5. The van der Waals surface area contributed by atoms with E-state index in [-0.39, 0.29) is 0 Å². The molecule has 0 spiro atoms. The molecule has 110 valence electrons. The Morgan fingerprint density at radius 2 is 2.14 bits per heavy atom. The lowest BCUT2D eigenvalue weighted by molar-refractivity contribution is 0.348. The van der Waals surface area contributed by atoms with E-state index in [1.165, 1.54) is 25.7 Å². The minimum atomic E-state index is 0.453. The number of nitrogen functional groups attached to an aromatic ring is 1. The summed E-state index contributed by atoms with van der Waals surface area (Å²) in [6.07, 6.45) is 5.33. The van der Waals surface area contributed by atoms with Crippen molar-refractivity contribution in [2.75, 3.05) is 12.8 Å². The fourth-order valence-corrected chi connectivity index (χ4v) is 3.24. The second kappa shape index (κ2) is 4.44. The van der Waals surface area contributed by atoms with Crippen LogP contribution in [0.15, 0.2) is 18.2 Å². The first kappa shape index (κ1) is 12.6. The Labute approximate surface area is 123 Å². The van der Waals surface area contributed by atoms with Crippen LogP contribution < -0.4 is 10.5 Å². The lowest BCUT2D eigenvalue weighted by Crippen LogP contribution is -2.16. The third-order valence-corrected chi connectivity index (χ3v) is 4.75. The maximum atomic E-state index is 5.93. The van der Waals surface area contributed by atoms with E-state index in [2.05, 4.69) is 15.5 Å². The molecular formula is C15H19N5O. The summed E-state index contributed by atoms with van der Waals surface area (Å²) in [6.45, 7) is 0.914. The highest BCUT2D eigenvalue weighted by Gasteiger charge is 2.54. The quantitative estimate of drug-likeness (QED) is 0.851. The Kier molecular flexibility index (Phi) is 2.67. The molecule has 2 aromatic rings. The van der Waals surface area contributed by atoms with Gasteiger partial charge in [0.1, 0.15) is 5.75 Å². The van der Waals surface area contributed by atoms with Gasteiger partial charge in [-0.25, -0.2) is 4.68 Å². The summed E-state index contributed by atoms with van der Waals surface area (Å²) in [4.78, 5) is 0. The van der Waals surface area contributed by atoms with Crippen molar-refractivity contribution in [2.45, 2.75) is 32.2 Å². The van der Waals surface area contributed by atoms with Gasteiger partial charge < -0.3 is 10.5 Å². The van der Waals surface area contributed by atoms with Gasteiger partial charge in [-0.2, -0.15) is 0 Å². The predicted molar refractivity (Wildman–Crippen MR) is 78.6 cm³/mol. The third kappa shape index (κ3) is 2.24. The van der Waals surface area contributed by atoms with Gasteiger partial charge in [-0.3, -0.25) is 0 Å². The van der Waals surface area contributed by atoms with E-state index in [0.717, 1.165) is 29.6 Å². The Morgan fingerprint density at radius 1 is 1.33 bits per heavy atom. The monoisotopic (exact) mass is 285 g/mol. The predicted octanol–water partition coefficient (Wildman–Crippen LogP) is 2.12. The molecule has 2 aliphatic rings. The lowest BCUT2D eigenvalue weighted by atomic mass is 10.0. The van der Waals surface area contributed by atoms with Crippen LogP contribution >= 0.6 is 0 Å².